The zero-order chi connectivity index (χ0) is 10.8. The molecule has 0 aliphatic carbocycles. The van der Waals surface area contributed by atoms with E-state index in [9.17, 15) is 15.2 Å². The molecule has 15 heavy (non-hydrogen) atoms. The van der Waals surface area contributed by atoms with Crippen molar-refractivity contribution in [2.45, 2.75) is 12.5 Å². The van der Waals surface area contributed by atoms with Crippen molar-refractivity contribution in [2.75, 3.05) is 18.0 Å². The van der Waals surface area contributed by atoms with Crippen LogP contribution in [0.2, 0.25) is 0 Å². The SMILES string of the molecule is O=[N+]([O-])c1cccc(N2CCC(O)C2)c1. The Morgan fingerprint density at radius 3 is 2.93 bits per heavy atom. The summed E-state index contributed by atoms with van der Waals surface area (Å²) in [5.41, 5.74) is 0.898. The third-order valence-corrected chi connectivity index (χ3v) is 2.57. The lowest BCUT2D eigenvalue weighted by molar-refractivity contribution is -0.384. The molecule has 1 saturated heterocycles. The molecule has 0 saturated carbocycles. The van der Waals surface area contributed by atoms with Crippen LogP contribution in [0, 0.1) is 10.1 Å². The van der Waals surface area contributed by atoms with Gasteiger partial charge in [-0.2, -0.15) is 0 Å². The molecule has 1 N–H and O–H groups in total. The smallest absolute Gasteiger partial charge is 0.271 e. The number of anilines is 1. The summed E-state index contributed by atoms with van der Waals surface area (Å²) in [6, 6.07) is 6.50. The molecule has 5 nitrogen and oxygen atoms in total. The Kier molecular flexibility index (Phi) is 2.55. The second-order valence-electron chi connectivity index (χ2n) is 3.67. The number of hydrogen-bond acceptors (Lipinski definition) is 4. The Morgan fingerprint density at radius 2 is 2.33 bits per heavy atom. The van der Waals surface area contributed by atoms with Gasteiger partial charge in [-0.15, -0.1) is 0 Å². The van der Waals surface area contributed by atoms with Gasteiger partial charge in [0.15, 0.2) is 0 Å². The highest BCUT2D eigenvalue weighted by Crippen LogP contribution is 2.24. The van der Waals surface area contributed by atoms with Crippen molar-refractivity contribution in [3.8, 4) is 0 Å². The molecule has 0 radical (unpaired) electrons. The minimum atomic E-state index is -0.407. The summed E-state index contributed by atoms with van der Waals surface area (Å²) in [6.07, 6.45) is 0.409. The van der Waals surface area contributed by atoms with Gasteiger partial charge in [-0.3, -0.25) is 10.1 Å². The first-order chi connectivity index (χ1) is 7.16. The lowest BCUT2D eigenvalue weighted by Crippen LogP contribution is -2.20. The van der Waals surface area contributed by atoms with Crippen molar-refractivity contribution >= 4 is 11.4 Å². The molecule has 1 heterocycles. The molecule has 1 aromatic carbocycles. The zero-order valence-corrected chi connectivity index (χ0v) is 8.17. The molecule has 0 aromatic heterocycles. The lowest BCUT2D eigenvalue weighted by atomic mass is 10.2. The van der Waals surface area contributed by atoms with E-state index in [1.807, 2.05) is 11.0 Å². The van der Waals surface area contributed by atoms with Crippen LogP contribution in [0.5, 0.6) is 0 Å². The molecule has 80 valence electrons. The summed E-state index contributed by atoms with van der Waals surface area (Å²) in [5, 5.41) is 19.9. The number of nitrogens with zero attached hydrogens (tertiary/aromatic N) is 2. The largest absolute Gasteiger partial charge is 0.391 e. The highest BCUT2D eigenvalue weighted by Gasteiger charge is 2.21. The summed E-state index contributed by atoms with van der Waals surface area (Å²) >= 11 is 0. The molecule has 1 unspecified atom stereocenters. The molecule has 1 fully saturated rings. The molecule has 0 bridgehead atoms. The fourth-order valence-corrected chi connectivity index (χ4v) is 1.78. The molecular formula is C10H12N2O3. The average molecular weight is 208 g/mol. The fourth-order valence-electron chi connectivity index (χ4n) is 1.78. The first-order valence-electron chi connectivity index (χ1n) is 4.84. The van der Waals surface area contributed by atoms with E-state index in [0.29, 0.717) is 6.54 Å². The first-order valence-corrected chi connectivity index (χ1v) is 4.84. The van der Waals surface area contributed by atoms with Crippen molar-refractivity contribution in [3.05, 3.63) is 34.4 Å². The quantitative estimate of drug-likeness (QED) is 0.585. The first kappa shape index (κ1) is 9.92. The van der Waals surface area contributed by atoms with Crippen LogP contribution in [0.4, 0.5) is 11.4 Å². The molecule has 1 aromatic rings. The summed E-state index contributed by atoms with van der Waals surface area (Å²) in [7, 11) is 0. The van der Waals surface area contributed by atoms with Gasteiger partial charge in [0.05, 0.1) is 11.0 Å². The Labute approximate surface area is 87.1 Å². The van der Waals surface area contributed by atoms with E-state index in [2.05, 4.69) is 0 Å². The van der Waals surface area contributed by atoms with E-state index < -0.39 is 4.92 Å². The van der Waals surface area contributed by atoms with Crippen molar-refractivity contribution < 1.29 is 10.0 Å². The number of nitro groups is 1. The topological polar surface area (TPSA) is 66.6 Å². The molecule has 0 spiro atoms. The monoisotopic (exact) mass is 208 g/mol. The van der Waals surface area contributed by atoms with Crippen LogP contribution in [-0.2, 0) is 0 Å². The van der Waals surface area contributed by atoms with Crippen LogP contribution < -0.4 is 4.90 Å². The third kappa shape index (κ3) is 2.07. The molecular weight excluding hydrogens is 196 g/mol. The Morgan fingerprint density at radius 1 is 1.53 bits per heavy atom. The van der Waals surface area contributed by atoms with Crippen molar-refractivity contribution in [3.63, 3.8) is 0 Å². The van der Waals surface area contributed by atoms with Crippen LogP contribution in [-0.4, -0.2) is 29.2 Å². The Bertz CT molecular complexity index is 381. The predicted octanol–water partition coefficient (Wildman–Crippen LogP) is 1.17. The second kappa shape index (κ2) is 3.86. The lowest BCUT2D eigenvalue weighted by Gasteiger charge is -2.17. The van der Waals surface area contributed by atoms with Gasteiger partial charge in [0.2, 0.25) is 0 Å². The number of benzene rings is 1. The van der Waals surface area contributed by atoms with E-state index >= 15 is 0 Å². The normalized spacial score (nSPS) is 20.6. The number of non-ortho nitro benzene ring substituents is 1. The van der Waals surface area contributed by atoms with Crippen LogP contribution in [0.1, 0.15) is 6.42 Å². The fraction of sp³-hybridized carbons (Fsp3) is 0.400. The van der Waals surface area contributed by atoms with Crippen LogP contribution in [0.25, 0.3) is 0 Å². The van der Waals surface area contributed by atoms with E-state index in [1.54, 1.807) is 6.07 Å². The second-order valence-corrected chi connectivity index (χ2v) is 3.67. The molecule has 1 aliphatic rings. The van der Waals surface area contributed by atoms with Crippen molar-refractivity contribution in [1.82, 2.24) is 0 Å². The highest BCUT2D eigenvalue weighted by molar-refractivity contribution is 5.53. The Hall–Kier alpha value is -1.62. The summed E-state index contributed by atoms with van der Waals surface area (Å²) in [4.78, 5) is 12.1. The van der Waals surface area contributed by atoms with Gasteiger partial charge >= 0.3 is 0 Å². The van der Waals surface area contributed by atoms with Crippen LogP contribution in [0.15, 0.2) is 24.3 Å². The third-order valence-electron chi connectivity index (χ3n) is 2.57. The van der Waals surface area contributed by atoms with Gasteiger partial charge < -0.3 is 10.0 Å². The summed E-state index contributed by atoms with van der Waals surface area (Å²) in [5.74, 6) is 0. The van der Waals surface area contributed by atoms with Gasteiger partial charge in [0.1, 0.15) is 0 Å². The van der Waals surface area contributed by atoms with E-state index in [4.69, 9.17) is 0 Å². The van der Waals surface area contributed by atoms with Crippen molar-refractivity contribution in [1.29, 1.82) is 0 Å². The highest BCUT2D eigenvalue weighted by atomic mass is 16.6. The number of aliphatic hydroxyl groups is 1. The van der Waals surface area contributed by atoms with Gasteiger partial charge in [-0.1, -0.05) is 6.07 Å². The molecule has 2 rings (SSSR count). The van der Waals surface area contributed by atoms with Crippen LogP contribution in [0.3, 0.4) is 0 Å². The minimum Gasteiger partial charge on any atom is -0.391 e. The maximum Gasteiger partial charge on any atom is 0.271 e. The number of aliphatic hydroxyl groups excluding tert-OH is 1. The van der Waals surface area contributed by atoms with Gasteiger partial charge in [0.25, 0.3) is 5.69 Å². The summed E-state index contributed by atoms with van der Waals surface area (Å²) < 4.78 is 0. The van der Waals surface area contributed by atoms with Crippen LogP contribution >= 0.6 is 0 Å². The Balaban J connectivity index is 2.21. The van der Waals surface area contributed by atoms with E-state index in [1.165, 1.54) is 12.1 Å². The molecule has 5 heteroatoms. The predicted molar refractivity (Wildman–Crippen MR) is 55.9 cm³/mol. The average Bonchev–Trinajstić information content (AvgIpc) is 2.65. The maximum atomic E-state index is 10.6. The zero-order valence-electron chi connectivity index (χ0n) is 8.17. The van der Waals surface area contributed by atoms with Crippen molar-refractivity contribution in [2.24, 2.45) is 0 Å². The van der Waals surface area contributed by atoms with E-state index in [-0.39, 0.29) is 11.8 Å². The van der Waals surface area contributed by atoms with Gasteiger partial charge in [-0.25, -0.2) is 0 Å². The number of hydrogen-bond donors (Lipinski definition) is 1. The van der Waals surface area contributed by atoms with Gasteiger partial charge in [0, 0.05) is 30.9 Å². The summed E-state index contributed by atoms with van der Waals surface area (Å²) in [6.45, 7) is 1.31. The molecule has 1 atom stereocenters. The number of β-amino-alcohol motifs (C(OH)–C–C–N with tert-alkyl or cyclic N) is 1. The molecule has 1 aliphatic heterocycles. The van der Waals surface area contributed by atoms with Gasteiger partial charge in [-0.05, 0) is 12.5 Å². The maximum absolute atomic E-state index is 10.6. The number of rotatable bonds is 2. The number of nitro benzene ring substituents is 1. The molecule has 0 amide bonds. The standard InChI is InChI=1S/C10H12N2O3/c13-10-4-5-11(7-10)8-2-1-3-9(6-8)12(14)15/h1-3,6,10,13H,4-5,7H2. The van der Waals surface area contributed by atoms with E-state index in [0.717, 1.165) is 18.7 Å². The minimum absolute atomic E-state index is 0.0916.